The van der Waals surface area contributed by atoms with Crippen molar-refractivity contribution in [2.24, 2.45) is 23.3 Å². The molecule has 124 valence electrons. The van der Waals surface area contributed by atoms with Crippen molar-refractivity contribution in [3.63, 3.8) is 0 Å². The molecule has 0 aromatic heterocycles. The van der Waals surface area contributed by atoms with Gasteiger partial charge in [-0.25, -0.2) is 0 Å². The lowest BCUT2D eigenvalue weighted by Gasteiger charge is -2.38. The van der Waals surface area contributed by atoms with Gasteiger partial charge in [0.1, 0.15) is 0 Å². The smallest absolute Gasteiger partial charge is 0.0728 e. The number of hydrogen-bond donors (Lipinski definition) is 2. The third-order valence-electron chi connectivity index (χ3n) is 5.33. The summed E-state index contributed by atoms with van der Waals surface area (Å²) in [5.41, 5.74) is 12.4. The van der Waals surface area contributed by atoms with Crippen molar-refractivity contribution in [3.8, 4) is 0 Å². The first kappa shape index (κ1) is 17.2. The zero-order chi connectivity index (χ0) is 15.2. The van der Waals surface area contributed by atoms with Gasteiger partial charge in [0.25, 0.3) is 0 Å². The Bertz CT molecular complexity index is 273. The molecular weight excluding hydrogens is 264 g/mol. The largest absolute Gasteiger partial charge is 0.377 e. The average Bonchev–Trinajstić information content (AvgIpc) is 2.47. The molecule has 0 aromatic rings. The minimum atomic E-state index is 0.233. The topological polar surface area (TPSA) is 70.5 Å². The molecule has 4 nitrogen and oxygen atoms in total. The van der Waals surface area contributed by atoms with Crippen molar-refractivity contribution < 1.29 is 9.47 Å². The van der Waals surface area contributed by atoms with Crippen LogP contribution in [0.2, 0.25) is 0 Å². The Morgan fingerprint density at radius 3 is 1.57 bits per heavy atom. The standard InChI is InChI=1S/C17H34N2O2/c1-3-20-16-10-12(5-7-14(16)18)9-13-6-8-15(19)17(11-13)21-4-2/h12-17H,3-11,18-19H2,1-2H3. The normalized spacial score (nSPS) is 41.1. The van der Waals surface area contributed by atoms with Gasteiger partial charge in [-0.2, -0.15) is 0 Å². The van der Waals surface area contributed by atoms with Gasteiger partial charge >= 0.3 is 0 Å². The van der Waals surface area contributed by atoms with E-state index in [-0.39, 0.29) is 24.3 Å². The maximum atomic E-state index is 6.18. The fourth-order valence-corrected chi connectivity index (χ4v) is 4.18. The van der Waals surface area contributed by atoms with E-state index in [0.717, 1.165) is 50.7 Å². The van der Waals surface area contributed by atoms with Crippen LogP contribution in [0.15, 0.2) is 0 Å². The first-order chi connectivity index (χ1) is 10.1. The van der Waals surface area contributed by atoms with Gasteiger partial charge in [0.2, 0.25) is 0 Å². The molecule has 4 N–H and O–H groups in total. The summed E-state index contributed by atoms with van der Waals surface area (Å²) in [6, 6.07) is 0.467. The van der Waals surface area contributed by atoms with Crippen molar-refractivity contribution in [1.29, 1.82) is 0 Å². The van der Waals surface area contributed by atoms with Crippen LogP contribution in [0.4, 0.5) is 0 Å². The van der Waals surface area contributed by atoms with Crippen LogP contribution in [0.5, 0.6) is 0 Å². The molecule has 21 heavy (non-hydrogen) atoms. The van der Waals surface area contributed by atoms with Gasteiger partial charge < -0.3 is 20.9 Å². The summed E-state index contributed by atoms with van der Waals surface area (Å²) >= 11 is 0. The summed E-state index contributed by atoms with van der Waals surface area (Å²) in [6.07, 6.45) is 8.83. The molecule has 4 heteroatoms. The molecular formula is C17H34N2O2. The lowest BCUT2D eigenvalue weighted by Crippen LogP contribution is -2.44. The van der Waals surface area contributed by atoms with Gasteiger partial charge in [0.05, 0.1) is 12.2 Å². The average molecular weight is 298 g/mol. The third kappa shape index (κ3) is 4.92. The van der Waals surface area contributed by atoms with Gasteiger partial charge in [-0.15, -0.1) is 0 Å². The van der Waals surface area contributed by atoms with Crippen LogP contribution in [0.1, 0.15) is 58.8 Å². The Morgan fingerprint density at radius 1 is 0.762 bits per heavy atom. The van der Waals surface area contributed by atoms with E-state index in [1.807, 2.05) is 0 Å². The highest BCUT2D eigenvalue weighted by Gasteiger charge is 2.33. The number of nitrogens with two attached hydrogens (primary N) is 2. The van der Waals surface area contributed by atoms with E-state index >= 15 is 0 Å². The van der Waals surface area contributed by atoms with Crippen LogP contribution in [0, 0.1) is 11.8 Å². The highest BCUT2D eigenvalue weighted by atomic mass is 16.5. The summed E-state index contributed by atoms with van der Waals surface area (Å²) < 4.78 is 11.6. The van der Waals surface area contributed by atoms with Crippen LogP contribution in [0.25, 0.3) is 0 Å². The second-order valence-corrected chi connectivity index (χ2v) is 6.91. The zero-order valence-corrected chi connectivity index (χ0v) is 13.8. The minimum Gasteiger partial charge on any atom is -0.377 e. The summed E-state index contributed by atoms with van der Waals surface area (Å²) in [4.78, 5) is 0. The van der Waals surface area contributed by atoms with Crippen LogP contribution in [-0.4, -0.2) is 37.5 Å². The first-order valence-electron chi connectivity index (χ1n) is 8.88. The molecule has 0 aliphatic heterocycles. The molecule has 0 aromatic carbocycles. The van der Waals surface area contributed by atoms with Gasteiger partial charge in [-0.3, -0.25) is 0 Å². The predicted octanol–water partition coefficient (Wildman–Crippen LogP) is 2.44. The van der Waals surface area contributed by atoms with Crippen LogP contribution in [-0.2, 0) is 9.47 Å². The fraction of sp³-hybridized carbons (Fsp3) is 1.00. The molecule has 2 fully saturated rings. The molecule has 2 saturated carbocycles. The SMILES string of the molecule is CCOC1CC(CC2CCC(N)C(OCC)C2)CCC1N. The summed E-state index contributed by atoms with van der Waals surface area (Å²) in [5, 5.41) is 0. The fourth-order valence-electron chi connectivity index (χ4n) is 4.18. The Labute approximate surface area is 129 Å². The van der Waals surface area contributed by atoms with Crippen LogP contribution in [0.3, 0.4) is 0 Å². The Balaban J connectivity index is 1.81. The molecule has 2 aliphatic rings. The summed E-state index contributed by atoms with van der Waals surface area (Å²) in [7, 11) is 0. The lowest BCUT2D eigenvalue weighted by atomic mass is 9.74. The van der Waals surface area contributed by atoms with E-state index in [1.165, 1.54) is 19.3 Å². The Hall–Kier alpha value is -0.160. The Morgan fingerprint density at radius 2 is 1.19 bits per heavy atom. The number of ether oxygens (including phenoxy) is 2. The molecule has 0 bridgehead atoms. The van der Waals surface area contributed by atoms with E-state index in [0.29, 0.717) is 0 Å². The quantitative estimate of drug-likeness (QED) is 0.790. The summed E-state index contributed by atoms with van der Waals surface area (Å²) in [6.45, 7) is 5.67. The van der Waals surface area contributed by atoms with Gasteiger partial charge in [0.15, 0.2) is 0 Å². The van der Waals surface area contributed by atoms with Crippen LogP contribution >= 0.6 is 0 Å². The predicted molar refractivity (Wildman–Crippen MR) is 86.1 cm³/mol. The minimum absolute atomic E-state index is 0.233. The maximum Gasteiger partial charge on any atom is 0.0728 e. The third-order valence-corrected chi connectivity index (χ3v) is 5.33. The van der Waals surface area contributed by atoms with Crippen molar-refractivity contribution in [3.05, 3.63) is 0 Å². The van der Waals surface area contributed by atoms with Gasteiger partial charge in [0, 0.05) is 25.3 Å². The first-order valence-corrected chi connectivity index (χ1v) is 8.88. The van der Waals surface area contributed by atoms with Crippen LogP contribution < -0.4 is 11.5 Å². The van der Waals surface area contributed by atoms with Gasteiger partial charge in [-0.1, -0.05) is 0 Å². The van der Waals surface area contributed by atoms with Crippen molar-refractivity contribution in [1.82, 2.24) is 0 Å². The molecule has 0 saturated heterocycles. The van der Waals surface area contributed by atoms with E-state index in [2.05, 4.69) is 13.8 Å². The molecule has 0 radical (unpaired) electrons. The second-order valence-electron chi connectivity index (χ2n) is 6.91. The van der Waals surface area contributed by atoms with E-state index < -0.39 is 0 Å². The number of rotatable bonds is 6. The maximum absolute atomic E-state index is 6.18. The number of hydrogen-bond acceptors (Lipinski definition) is 4. The van der Waals surface area contributed by atoms with E-state index in [9.17, 15) is 0 Å². The lowest BCUT2D eigenvalue weighted by molar-refractivity contribution is -0.0130. The highest BCUT2D eigenvalue weighted by molar-refractivity contribution is 4.88. The van der Waals surface area contributed by atoms with E-state index in [4.69, 9.17) is 20.9 Å². The Kier molecular flexibility index (Phi) is 6.93. The van der Waals surface area contributed by atoms with Crippen molar-refractivity contribution in [2.75, 3.05) is 13.2 Å². The molecule has 6 unspecified atom stereocenters. The molecule has 0 spiro atoms. The molecule has 6 atom stereocenters. The molecule has 0 amide bonds. The molecule has 2 rings (SSSR count). The van der Waals surface area contributed by atoms with Gasteiger partial charge in [-0.05, 0) is 70.6 Å². The summed E-state index contributed by atoms with van der Waals surface area (Å²) in [5.74, 6) is 1.53. The zero-order valence-electron chi connectivity index (χ0n) is 13.8. The van der Waals surface area contributed by atoms with E-state index in [1.54, 1.807) is 0 Å². The molecule has 0 heterocycles. The second kappa shape index (κ2) is 8.47. The van der Waals surface area contributed by atoms with Crippen molar-refractivity contribution in [2.45, 2.75) is 83.1 Å². The highest BCUT2D eigenvalue weighted by Crippen LogP contribution is 2.36. The molecule has 2 aliphatic carbocycles. The van der Waals surface area contributed by atoms with Crippen molar-refractivity contribution >= 4 is 0 Å². The monoisotopic (exact) mass is 298 g/mol.